The molecule has 0 amide bonds. The van der Waals surface area contributed by atoms with E-state index >= 15 is 0 Å². The van der Waals surface area contributed by atoms with Gasteiger partial charge in [0, 0.05) is 5.92 Å². The maximum atomic E-state index is 2.55. The Kier molecular flexibility index (Phi) is 5.82. The summed E-state index contributed by atoms with van der Waals surface area (Å²) in [5.74, 6) is 0.754. The summed E-state index contributed by atoms with van der Waals surface area (Å²) in [7, 11) is 0. The molecule has 0 fully saturated rings. The van der Waals surface area contributed by atoms with Gasteiger partial charge in [-0.3, -0.25) is 0 Å². The van der Waals surface area contributed by atoms with E-state index in [-0.39, 0.29) is 0 Å². The molecule has 0 spiro atoms. The van der Waals surface area contributed by atoms with Gasteiger partial charge in [0.05, 0.1) is 0 Å². The minimum Gasteiger partial charge on any atom is -0.0725 e. The number of aryl methyl sites for hydroxylation is 3. The second kappa shape index (κ2) is 9.28. The highest BCUT2D eigenvalue weighted by molar-refractivity contribution is 5.98. The van der Waals surface area contributed by atoms with Gasteiger partial charge < -0.3 is 0 Å². The lowest BCUT2D eigenvalue weighted by Crippen LogP contribution is -2.07. The Hall–Kier alpha value is -3.90. The van der Waals surface area contributed by atoms with Crippen molar-refractivity contribution in [2.75, 3.05) is 0 Å². The van der Waals surface area contributed by atoms with Gasteiger partial charge in [-0.1, -0.05) is 120 Å². The van der Waals surface area contributed by atoms with Gasteiger partial charge in [-0.15, -0.1) is 0 Å². The van der Waals surface area contributed by atoms with Crippen molar-refractivity contribution in [2.24, 2.45) is 0 Å². The first-order valence-corrected chi connectivity index (χ1v) is 13.0. The Morgan fingerprint density at radius 1 is 0.611 bits per heavy atom. The molecular formula is C36H32. The van der Waals surface area contributed by atoms with Crippen LogP contribution in [0.25, 0.3) is 27.5 Å². The van der Waals surface area contributed by atoms with Crippen molar-refractivity contribution < 1.29 is 0 Å². The molecule has 0 aliphatic heterocycles. The van der Waals surface area contributed by atoms with Gasteiger partial charge in [-0.25, -0.2) is 0 Å². The van der Waals surface area contributed by atoms with Crippen LogP contribution in [0, 0.1) is 20.8 Å². The number of hydrogen-bond donors (Lipinski definition) is 0. The molecule has 0 radical (unpaired) electrons. The first-order valence-electron chi connectivity index (χ1n) is 13.0. The lowest BCUT2D eigenvalue weighted by atomic mass is 9.80. The van der Waals surface area contributed by atoms with Crippen LogP contribution in [-0.4, -0.2) is 0 Å². The third kappa shape index (κ3) is 4.18. The molecule has 0 nitrogen and oxygen atoms in total. The van der Waals surface area contributed by atoms with Crippen LogP contribution >= 0.6 is 0 Å². The molecule has 0 saturated carbocycles. The van der Waals surface area contributed by atoms with Crippen molar-refractivity contribution in [3.05, 3.63) is 149 Å². The molecule has 0 heteroatoms. The van der Waals surface area contributed by atoms with Crippen molar-refractivity contribution >= 4 is 16.3 Å². The zero-order valence-corrected chi connectivity index (χ0v) is 21.3. The maximum Gasteiger partial charge on any atom is 0.00964 e. The average molecular weight is 465 g/mol. The first kappa shape index (κ1) is 22.6. The third-order valence-electron chi connectivity index (χ3n) is 7.87. The molecule has 176 valence electrons. The number of hydrogen-bond acceptors (Lipinski definition) is 0. The molecule has 6 rings (SSSR count). The Morgan fingerprint density at radius 3 is 2.11 bits per heavy atom. The van der Waals surface area contributed by atoms with Crippen LogP contribution < -0.4 is 0 Å². The molecule has 1 aliphatic rings. The normalized spacial score (nSPS) is 17.4. The Balaban J connectivity index is 1.55. The molecule has 0 bridgehead atoms. The molecule has 0 saturated heterocycles. The number of fused-ring (bicyclic) bond motifs is 1. The minimum atomic E-state index is 0.329. The van der Waals surface area contributed by atoms with E-state index in [1.807, 2.05) is 0 Å². The molecule has 0 heterocycles. The largest absolute Gasteiger partial charge is 0.0725 e. The fraction of sp³-hybridized carbons (Fsp3) is 0.167. The summed E-state index contributed by atoms with van der Waals surface area (Å²) >= 11 is 0. The van der Waals surface area contributed by atoms with Crippen LogP contribution in [0.3, 0.4) is 0 Å². The van der Waals surface area contributed by atoms with Gasteiger partial charge >= 0.3 is 0 Å². The Labute approximate surface area is 215 Å². The average Bonchev–Trinajstić information content (AvgIpc) is 3.34. The minimum absolute atomic E-state index is 0.329. The highest BCUT2D eigenvalue weighted by Gasteiger charge is 2.32. The van der Waals surface area contributed by atoms with Crippen molar-refractivity contribution in [3.8, 4) is 11.1 Å². The summed E-state index contributed by atoms with van der Waals surface area (Å²) in [5.41, 5.74) is 12.3. The summed E-state index contributed by atoms with van der Waals surface area (Å²) in [4.78, 5) is 0. The van der Waals surface area contributed by atoms with Crippen molar-refractivity contribution in [2.45, 2.75) is 39.0 Å². The molecule has 0 aromatic heterocycles. The fourth-order valence-electron chi connectivity index (χ4n) is 5.93. The predicted octanol–water partition coefficient (Wildman–Crippen LogP) is 9.79. The molecule has 5 aromatic carbocycles. The van der Waals surface area contributed by atoms with Crippen molar-refractivity contribution in [1.82, 2.24) is 0 Å². The van der Waals surface area contributed by atoms with Gasteiger partial charge in [0.25, 0.3) is 0 Å². The summed E-state index contributed by atoms with van der Waals surface area (Å²) in [6, 6.07) is 40.6. The van der Waals surface area contributed by atoms with E-state index in [9.17, 15) is 0 Å². The summed E-state index contributed by atoms with van der Waals surface area (Å²) in [6.07, 6.45) is 3.61. The van der Waals surface area contributed by atoms with E-state index in [0.717, 1.165) is 6.42 Å². The Morgan fingerprint density at radius 2 is 1.33 bits per heavy atom. The number of benzene rings is 5. The van der Waals surface area contributed by atoms with Gasteiger partial charge in [0.1, 0.15) is 0 Å². The SMILES string of the molecule is Cc1ccc(C2=CC(c3cc(-c4ccccc4)c4cc(C)ccc4c3)C(c3ccccc3C)C2)cc1. The lowest BCUT2D eigenvalue weighted by Gasteiger charge is -2.23. The van der Waals surface area contributed by atoms with E-state index in [4.69, 9.17) is 0 Å². The third-order valence-corrected chi connectivity index (χ3v) is 7.87. The van der Waals surface area contributed by atoms with Gasteiger partial charge in [-0.05, 0) is 88.9 Å². The van der Waals surface area contributed by atoms with Crippen LogP contribution in [0.1, 0.15) is 51.6 Å². The second-order valence-electron chi connectivity index (χ2n) is 10.4. The van der Waals surface area contributed by atoms with E-state index in [1.54, 1.807) is 0 Å². The maximum absolute atomic E-state index is 2.55. The quantitative estimate of drug-likeness (QED) is 0.248. The van der Waals surface area contributed by atoms with Gasteiger partial charge in [0.15, 0.2) is 0 Å². The zero-order chi connectivity index (χ0) is 24.6. The number of allylic oxidation sites excluding steroid dienone is 2. The lowest BCUT2D eigenvalue weighted by molar-refractivity contribution is 0.665. The van der Waals surface area contributed by atoms with Crippen LogP contribution in [-0.2, 0) is 0 Å². The van der Waals surface area contributed by atoms with Crippen molar-refractivity contribution in [1.29, 1.82) is 0 Å². The summed E-state index contributed by atoms with van der Waals surface area (Å²) in [5, 5.41) is 2.65. The smallest absolute Gasteiger partial charge is 0.00964 e. The molecule has 2 unspecified atom stereocenters. The topological polar surface area (TPSA) is 0 Å². The van der Waals surface area contributed by atoms with E-state index in [2.05, 4.69) is 136 Å². The molecule has 2 atom stereocenters. The van der Waals surface area contributed by atoms with Gasteiger partial charge in [0.2, 0.25) is 0 Å². The first-order chi connectivity index (χ1) is 17.6. The summed E-state index contributed by atoms with van der Waals surface area (Å²) in [6.45, 7) is 6.60. The summed E-state index contributed by atoms with van der Waals surface area (Å²) < 4.78 is 0. The highest BCUT2D eigenvalue weighted by Crippen LogP contribution is 2.49. The monoisotopic (exact) mass is 464 g/mol. The van der Waals surface area contributed by atoms with Crippen LogP contribution in [0.4, 0.5) is 0 Å². The molecule has 0 N–H and O–H groups in total. The van der Waals surface area contributed by atoms with Crippen molar-refractivity contribution in [3.63, 3.8) is 0 Å². The standard InChI is InChI=1S/C36H32/c1-24-13-16-27(17-14-24)30-21-35(36(22-30)32-12-8-7-9-26(32)3)31-20-29-18-15-25(2)19-33(29)34(23-31)28-10-5-4-6-11-28/h4-21,23,35-36H,22H2,1-3H3. The highest BCUT2D eigenvalue weighted by atomic mass is 14.4. The van der Waals surface area contributed by atoms with Crippen LogP contribution in [0.2, 0.25) is 0 Å². The fourth-order valence-corrected chi connectivity index (χ4v) is 5.93. The molecule has 1 aliphatic carbocycles. The zero-order valence-electron chi connectivity index (χ0n) is 21.3. The van der Waals surface area contributed by atoms with E-state index < -0.39 is 0 Å². The molecular weight excluding hydrogens is 432 g/mol. The van der Waals surface area contributed by atoms with Gasteiger partial charge in [-0.2, -0.15) is 0 Å². The van der Waals surface area contributed by atoms with Crippen LogP contribution in [0.15, 0.2) is 115 Å². The Bertz CT molecular complexity index is 1570. The predicted molar refractivity (Wildman–Crippen MR) is 155 cm³/mol. The number of rotatable bonds is 4. The second-order valence-corrected chi connectivity index (χ2v) is 10.4. The van der Waals surface area contributed by atoms with E-state index in [0.29, 0.717) is 11.8 Å². The molecule has 5 aromatic rings. The van der Waals surface area contributed by atoms with E-state index in [1.165, 1.54) is 60.9 Å². The molecule has 36 heavy (non-hydrogen) atoms. The van der Waals surface area contributed by atoms with Crippen LogP contribution in [0.5, 0.6) is 0 Å².